The Morgan fingerprint density at radius 3 is 2.27 bits per heavy atom. The number of esters is 1. The lowest BCUT2D eigenvalue weighted by molar-refractivity contribution is 0.0147. The normalized spacial score (nSPS) is 12.2. The second-order valence-corrected chi connectivity index (χ2v) is 5.89. The van der Waals surface area contributed by atoms with E-state index < -0.39 is 11.9 Å². The van der Waals surface area contributed by atoms with E-state index in [1.165, 1.54) is 18.6 Å². The van der Waals surface area contributed by atoms with Crippen molar-refractivity contribution in [3.63, 3.8) is 0 Å². The van der Waals surface area contributed by atoms with Gasteiger partial charge in [-0.2, -0.15) is 0 Å². The second kappa shape index (κ2) is 9.23. The maximum absolute atomic E-state index is 12.3. The van der Waals surface area contributed by atoms with Crippen molar-refractivity contribution < 1.29 is 19.4 Å². The summed E-state index contributed by atoms with van der Waals surface area (Å²) >= 11 is 0. The molecule has 1 N–H and O–H groups in total. The Morgan fingerprint density at radius 2 is 1.73 bits per heavy atom. The second-order valence-electron chi connectivity index (χ2n) is 5.89. The van der Waals surface area contributed by atoms with E-state index in [4.69, 9.17) is 9.84 Å². The van der Waals surface area contributed by atoms with Crippen LogP contribution in [0.1, 0.15) is 73.6 Å². The highest BCUT2D eigenvalue weighted by molar-refractivity contribution is 6.02. The van der Waals surface area contributed by atoms with Crippen molar-refractivity contribution in [2.24, 2.45) is 5.92 Å². The van der Waals surface area contributed by atoms with Crippen LogP contribution in [0.4, 0.5) is 0 Å². The molecule has 0 radical (unpaired) electrons. The summed E-state index contributed by atoms with van der Waals surface area (Å²) in [7, 11) is 0. The van der Waals surface area contributed by atoms with Gasteiger partial charge in [-0.1, -0.05) is 52.2 Å². The van der Waals surface area contributed by atoms with Crippen LogP contribution in [0.15, 0.2) is 24.3 Å². The highest BCUT2D eigenvalue weighted by Gasteiger charge is 2.22. The fourth-order valence-electron chi connectivity index (χ4n) is 2.35. The van der Waals surface area contributed by atoms with E-state index in [0.717, 1.165) is 25.7 Å². The van der Waals surface area contributed by atoms with Crippen molar-refractivity contribution in [1.29, 1.82) is 0 Å². The number of benzene rings is 1. The topological polar surface area (TPSA) is 63.6 Å². The molecule has 0 heterocycles. The fourth-order valence-corrected chi connectivity index (χ4v) is 2.35. The first-order valence-electron chi connectivity index (χ1n) is 8.00. The third-order valence-corrected chi connectivity index (χ3v) is 3.72. The van der Waals surface area contributed by atoms with Crippen molar-refractivity contribution in [1.82, 2.24) is 0 Å². The minimum absolute atomic E-state index is 0.0130. The van der Waals surface area contributed by atoms with Crippen molar-refractivity contribution in [3.8, 4) is 0 Å². The molecule has 4 nitrogen and oxygen atoms in total. The van der Waals surface area contributed by atoms with Crippen LogP contribution in [-0.2, 0) is 4.74 Å². The Bertz CT molecular complexity index is 494. The monoisotopic (exact) mass is 306 g/mol. The van der Waals surface area contributed by atoms with Crippen LogP contribution < -0.4 is 0 Å². The molecule has 22 heavy (non-hydrogen) atoms. The van der Waals surface area contributed by atoms with Gasteiger partial charge in [0.1, 0.15) is 6.10 Å². The van der Waals surface area contributed by atoms with Crippen LogP contribution in [0.5, 0.6) is 0 Å². The molecular weight excluding hydrogens is 280 g/mol. The molecule has 0 spiro atoms. The lowest BCUT2D eigenvalue weighted by Gasteiger charge is -2.21. The molecule has 1 aromatic carbocycles. The lowest BCUT2D eigenvalue weighted by atomic mass is 10.00. The molecule has 0 aliphatic rings. The number of rotatable bonds is 9. The molecule has 0 saturated heterocycles. The van der Waals surface area contributed by atoms with Gasteiger partial charge in [-0.15, -0.1) is 0 Å². The minimum atomic E-state index is -1.11. The van der Waals surface area contributed by atoms with Crippen LogP contribution in [0.3, 0.4) is 0 Å². The number of aromatic carboxylic acids is 1. The zero-order chi connectivity index (χ0) is 16.5. The van der Waals surface area contributed by atoms with E-state index in [2.05, 4.69) is 6.92 Å². The zero-order valence-electron chi connectivity index (χ0n) is 13.7. The van der Waals surface area contributed by atoms with Gasteiger partial charge in [-0.25, -0.2) is 9.59 Å². The van der Waals surface area contributed by atoms with E-state index in [1.54, 1.807) is 12.1 Å². The molecule has 1 unspecified atom stereocenters. The molecule has 0 aromatic heterocycles. The third-order valence-electron chi connectivity index (χ3n) is 3.72. The van der Waals surface area contributed by atoms with Gasteiger partial charge in [0.15, 0.2) is 0 Å². The molecule has 0 aliphatic carbocycles. The van der Waals surface area contributed by atoms with E-state index in [-0.39, 0.29) is 23.1 Å². The van der Waals surface area contributed by atoms with Gasteiger partial charge in [-0.05, 0) is 30.9 Å². The van der Waals surface area contributed by atoms with Gasteiger partial charge in [-0.3, -0.25) is 0 Å². The summed E-state index contributed by atoms with van der Waals surface area (Å²) < 4.78 is 5.57. The highest BCUT2D eigenvalue weighted by atomic mass is 16.5. The zero-order valence-corrected chi connectivity index (χ0v) is 13.7. The SMILES string of the molecule is CCCCCCC(OC(=O)c1ccccc1C(=O)O)C(C)C. The highest BCUT2D eigenvalue weighted by Crippen LogP contribution is 2.19. The van der Waals surface area contributed by atoms with E-state index >= 15 is 0 Å². The van der Waals surface area contributed by atoms with Crippen molar-refractivity contribution in [3.05, 3.63) is 35.4 Å². The Kier molecular flexibility index (Phi) is 7.64. The smallest absolute Gasteiger partial charge is 0.339 e. The minimum Gasteiger partial charge on any atom is -0.478 e. The molecule has 1 rings (SSSR count). The van der Waals surface area contributed by atoms with Crippen LogP contribution in [0.25, 0.3) is 0 Å². The van der Waals surface area contributed by atoms with E-state index in [0.29, 0.717) is 0 Å². The fraction of sp³-hybridized carbons (Fsp3) is 0.556. The van der Waals surface area contributed by atoms with Gasteiger partial charge >= 0.3 is 11.9 Å². The van der Waals surface area contributed by atoms with E-state index in [1.807, 2.05) is 13.8 Å². The number of unbranched alkanes of at least 4 members (excludes halogenated alkanes) is 3. The predicted molar refractivity (Wildman–Crippen MR) is 86.2 cm³/mol. The number of ether oxygens (including phenoxy) is 1. The number of hydrogen-bond acceptors (Lipinski definition) is 3. The molecule has 0 amide bonds. The van der Waals surface area contributed by atoms with Gasteiger partial charge in [0.05, 0.1) is 11.1 Å². The van der Waals surface area contributed by atoms with Gasteiger partial charge in [0.2, 0.25) is 0 Å². The maximum atomic E-state index is 12.3. The summed E-state index contributed by atoms with van der Waals surface area (Å²) in [6.45, 7) is 6.19. The number of carboxylic acid groups (broad SMARTS) is 1. The van der Waals surface area contributed by atoms with Crippen molar-refractivity contribution >= 4 is 11.9 Å². The van der Waals surface area contributed by atoms with Crippen LogP contribution >= 0.6 is 0 Å². The Hall–Kier alpha value is -1.84. The van der Waals surface area contributed by atoms with Gasteiger partial charge in [0, 0.05) is 0 Å². The summed E-state index contributed by atoms with van der Waals surface area (Å²) in [6, 6.07) is 6.17. The molecule has 0 saturated carbocycles. The Labute approximate surface area is 132 Å². The molecule has 1 atom stereocenters. The average Bonchev–Trinajstić information content (AvgIpc) is 2.49. The molecule has 122 valence electrons. The lowest BCUT2D eigenvalue weighted by Crippen LogP contribution is -2.24. The standard InChI is InChI=1S/C18H26O4/c1-4-5-6-7-12-16(13(2)3)22-18(21)15-11-9-8-10-14(15)17(19)20/h8-11,13,16H,4-7,12H2,1-3H3,(H,19,20). The van der Waals surface area contributed by atoms with Crippen LogP contribution in [0.2, 0.25) is 0 Å². The van der Waals surface area contributed by atoms with Crippen LogP contribution in [-0.4, -0.2) is 23.1 Å². The van der Waals surface area contributed by atoms with Crippen LogP contribution in [0, 0.1) is 5.92 Å². The molecule has 1 aromatic rings. The molecule has 0 fully saturated rings. The van der Waals surface area contributed by atoms with Gasteiger partial charge in [0.25, 0.3) is 0 Å². The number of carbonyl (C=O) groups is 2. The summed E-state index contributed by atoms with van der Waals surface area (Å²) in [5, 5.41) is 9.15. The van der Waals surface area contributed by atoms with Crippen molar-refractivity contribution in [2.75, 3.05) is 0 Å². The number of carboxylic acids is 1. The average molecular weight is 306 g/mol. The molecule has 0 bridgehead atoms. The summed E-state index contributed by atoms with van der Waals surface area (Å²) in [6.07, 6.45) is 5.14. The predicted octanol–water partition coefficient (Wildman–Crippen LogP) is 4.54. The quantitative estimate of drug-likeness (QED) is 0.537. The first-order valence-corrected chi connectivity index (χ1v) is 8.00. The molecular formula is C18H26O4. The van der Waals surface area contributed by atoms with Gasteiger partial charge < -0.3 is 9.84 Å². The largest absolute Gasteiger partial charge is 0.478 e. The van der Waals surface area contributed by atoms with E-state index in [9.17, 15) is 9.59 Å². The first-order chi connectivity index (χ1) is 10.5. The third kappa shape index (κ3) is 5.51. The molecule has 0 aliphatic heterocycles. The number of carbonyl (C=O) groups excluding carboxylic acids is 1. The summed E-state index contributed by atoms with van der Waals surface area (Å²) in [5.74, 6) is -1.45. The number of hydrogen-bond donors (Lipinski definition) is 1. The Balaban J connectivity index is 2.73. The first kappa shape index (κ1) is 18.2. The maximum Gasteiger partial charge on any atom is 0.339 e. The van der Waals surface area contributed by atoms with Crippen molar-refractivity contribution in [2.45, 2.75) is 59.0 Å². The Morgan fingerprint density at radius 1 is 1.09 bits per heavy atom. The molecule has 4 heteroatoms. The summed E-state index contributed by atoms with van der Waals surface area (Å²) in [5.41, 5.74) is 0.107. The summed E-state index contributed by atoms with van der Waals surface area (Å²) in [4.78, 5) is 23.5.